The highest BCUT2D eigenvalue weighted by molar-refractivity contribution is 7.98. The number of allylic oxidation sites excluding steroid dienone is 2. The highest BCUT2D eigenvalue weighted by Crippen LogP contribution is 1.98. The minimum atomic E-state index is -0.714. The van der Waals surface area contributed by atoms with Crippen LogP contribution < -0.4 is 0 Å². The van der Waals surface area contributed by atoms with E-state index >= 15 is 0 Å². The van der Waals surface area contributed by atoms with Gasteiger partial charge >= 0.3 is 5.97 Å². The first-order valence-corrected chi connectivity index (χ1v) is 6.88. The van der Waals surface area contributed by atoms with Crippen molar-refractivity contribution in [3.05, 3.63) is 24.4 Å². The fourth-order valence-electron chi connectivity index (χ4n) is 1.15. The van der Waals surface area contributed by atoms with E-state index in [0.29, 0.717) is 0 Å². The molecular weight excluding hydrogens is 222 g/mol. The number of hydrogen-bond donors (Lipinski definition) is 1. The highest BCUT2D eigenvalue weighted by Gasteiger charge is 1.94. The highest BCUT2D eigenvalue weighted by atomic mass is 32.2. The summed E-state index contributed by atoms with van der Waals surface area (Å²) in [6.45, 7) is 4.47. The first-order chi connectivity index (χ1) is 7.70. The molecule has 0 spiro atoms. The summed E-state index contributed by atoms with van der Waals surface area (Å²) < 4.78 is 0. The molecule has 3 nitrogen and oxygen atoms in total. The summed E-state index contributed by atoms with van der Waals surface area (Å²) >= 11 is 1.55. The molecule has 0 aromatic carbocycles. The first kappa shape index (κ1) is 15.1. The maximum Gasteiger partial charge on any atom is 0.304 e. The van der Waals surface area contributed by atoms with E-state index in [1.165, 1.54) is 13.0 Å². The maximum atomic E-state index is 9.74. The molecule has 0 aliphatic carbocycles. The van der Waals surface area contributed by atoms with Gasteiger partial charge in [-0.1, -0.05) is 19.1 Å². The standard InChI is InChI=1S/C8H13N.C4H8O2S/c1-2-6-9-7-4-3-5-8-9;1-7-3-2-4(5)6/h3-5,7H,2,6,8H2,1H3;2-3H2,1H3,(H,5,6). The van der Waals surface area contributed by atoms with Gasteiger partial charge in [-0.2, -0.15) is 11.8 Å². The number of carboxylic acids is 1. The molecule has 0 aromatic rings. The van der Waals surface area contributed by atoms with E-state index in [4.69, 9.17) is 5.11 Å². The molecule has 1 heterocycles. The predicted molar refractivity (Wildman–Crippen MR) is 70.8 cm³/mol. The van der Waals surface area contributed by atoms with Crippen LogP contribution in [-0.2, 0) is 4.79 Å². The third kappa shape index (κ3) is 9.65. The second-order valence-electron chi connectivity index (χ2n) is 3.40. The third-order valence-electron chi connectivity index (χ3n) is 1.91. The Hall–Kier alpha value is -0.900. The Kier molecular flexibility index (Phi) is 10.0. The molecule has 0 bridgehead atoms. The Morgan fingerprint density at radius 2 is 2.25 bits per heavy atom. The van der Waals surface area contributed by atoms with E-state index in [1.54, 1.807) is 11.8 Å². The lowest BCUT2D eigenvalue weighted by molar-refractivity contribution is -0.136. The SMILES string of the molecule is CCCN1C=CC=CC1.CSCCC(=O)O. The molecule has 0 atom stereocenters. The molecule has 0 aromatic heterocycles. The van der Waals surface area contributed by atoms with Crippen molar-refractivity contribution in [2.24, 2.45) is 0 Å². The molecule has 92 valence electrons. The quantitative estimate of drug-likeness (QED) is 0.806. The summed E-state index contributed by atoms with van der Waals surface area (Å²) in [4.78, 5) is 12.1. The predicted octanol–water partition coefficient (Wildman–Crippen LogP) is 2.61. The number of nitrogens with zero attached hydrogens (tertiary/aromatic N) is 1. The molecule has 1 aliphatic rings. The van der Waals surface area contributed by atoms with Crippen molar-refractivity contribution < 1.29 is 9.90 Å². The summed E-state index contributed by atoms with van der Waals surface area (Å²) in [5.41, 5.74) is 0. The van der Waals surface area contributed by atoms with Gasteiger partial charge < -0.3 is 10.0 Å². The zero-order chi connectivity index (χ0) is 12.2. The summed E-state index contributed by atoms with van der Waals surface area (Å²) in [6, 6.07) is 0. The fraction of sp³-hybridized carbons (Fsp3) is 0.583. The van der Waals surface area contributed by atoms with Gasteiger partial charge in [0.1, 0.15) is 0 Å². The summed E-state index contributed by atoms with van der Waals surface area (Å²) in [6.07, 6.45) is 11.9. The van der Waals surface area contributed by atoms with Crippen molar-refractivity contribution in [1.82, 2.24) is 4.90 Å². The Morgan fingerprint density at radius 3 is 2.62 bits per heavy atom. The lowest BCUT2D eigenvalue weighted by Crippen LogP contribution is -2.19. The Bertz CT molecular complexity index is 239. The maximum absolute atomic E-state index is 9.74. The molecule has 4 heteroatoms. The van der Waals surface area contributed by atoms with Crippen LogP contribution in [0.2, 0.25) is 0 Å². The van der Waals surface area contributed by atoms with Crippen molar-refractivity contribution in [3.63, 3.8) is 0 Å². The van der Waals surface area contributed by atoms with Gasteiger partial charge in [-0.15, -0.1) is 0 Å². The molecule has 1 rings (SSSR count). The van der Waals surface area contributed by atoms with Crippen LogP contribution in [0.5, 0.6) is 0 Å². The zero-order valence-electron chi connectivity index (χ0n) is 10.1. The smallest absolute Gasteiger partial charge is 0.304 e. The van der Waals surface area contributed by atoms with E-state index in [1.807, 2.05) is 6.26 Å². The van der Waals surface area contributed by atoms with E-state index in [0.717, 1.165) is 12.3 Å². The molecule has 0 saturated heterocycles. The van der Waals surface area contributed by atoms with Gasteiger partial charge in [-0.3, -0.25) is 4.79 Å². The molecule has 0 saturated carbocycles. The molecule has 1 N–H and O–H groups in total. The van der Waals surface area contributed by atoms with Crippen LogP contribution in [0.1, 0.15) is 19.8 Å². The van der Waals surface area contributed by atoms with Crippen molar-refractivity contribution in [2.45, 2.75) is 19.8 Å². The number of carbonyl (C=O) groups is 1. The molecule has 1 aliphatic heterocycles. The monoisotopic (exact) mass is 243 g/mol. The average molecular weight is 243 g/mol. The second-order valence-corrected chi connectivity index (χ2v) is 4.39. The van der Waals surface area contributed by atoms with Crippen LogP contribution in [0, 0.1) is 0 Å². The zero-order valence-corrected chi connectivity index (χ0v) is 10.9. The van der Waals surface area contributed by atoms with Crippen molar-refractivity contribution in [1.29, 1.82) is 0 Å². The fourth-order valence-corrected chi connectivity index (χ4v) is 1.53. The second kappa shape index (κ2) is 10.6. The van der Waals surface area contributed by atoms with Crippen LogP contribution in [0.25, 0.3) is 0 Å². The van der Waals surface area contributed by atoms with E-state index in [2.05, 4.69) is 36.3 Å². The van der Waals surface area contributed by atoms with Crippen LogP contribution in [0.4, 0.5) is 0 Å². The third-order valence-corrected chi connectivity index (χ3v) is 2.53. The number of carboxylic acid groups (broad SMARTS) is 1. The Balaban J connectivity index is 0.000000293. The number of hydrogen-bond acceptors (Lipinski definition) is 3. The van der Waals surface area contributed by atoms with Crippen LogP contribution >= 0.6 is 11.8 Å². The minimum absolute atomic E-state index is 0.279. The van der Waals surface area contributed by atoms with E-state index in [9.17, 15) is 4.79 Å². The summed E-state index contributed by atoms with van der Waals surface area (Å²) in [7, 11) is 0. The van der Waals surface area contributed by atoms with Gasteiger partial charge in [-0.25, -0.2) is 0 Å². The number of rotatable bonds is 5. The largest absolute Gasteiger partial charge is 0.481 e. The van der Waals surface area contributed by atoms with Gasteiger partial charge in [-0.05, 0) is 25.0 Å². The van der Waals surface area contributed by atoms with Gasteiger partial charge in [0.15, 0.2) is 0 Å². The lowest BCUT2D eigenvalue weighted by Gasteiger charge is -2.18. The number of thioether (sulfide) groups is 1. The minimum Gasteiger partial charge on any atom is -0.481 e. The van der Waals surface area contributed by atoms with Crippen molar-refractivity contribution in [3.8, 4) is 0 Å². The van der Waals surface area contributed by atoms with Crippen molar-refractivity contribution in [2.75, 3.05) is 25.1 Å². The molecule has 0 amide bonds. The topological polar surface area (TPSA) is 40.5 Å². The Labute approximate surface area is 102 Å². The normalized spacial score (nSPS) is 13.2. The summed E-state index contributed by atoms with van der Waals surface area (Å²) in [5.74, 6) is 0.00403. The molecule has 0 fully saturated rings. The van der Waals surface area contributed by atoms with Gasteiger partial charge in [0.25, 0.3) is 0 Å². The van der Waals surface area contributed by atoms with Crippen LogP contribution in [0.3, 0.4) is 0 Å². The molecule has 0 radical (unpaired) electrons. The van der Waals surface area contributed by atoms with Gasteiger partial charge in [0, 0.05) is 18.8 Å². The van der Waals surface area contributed by atoms with Crippen LogP contribution in [0.15, 0.2) is 24.4 Å². The van der Waals surface area contributed by atoms with Gasteiger partial charge in [0.05, 0.1) is 6.42 Å². The van der Waals surface area contributed by atoms with E-state index in [-0.39, 0.29) is 6.42 Å². The van der Waals surface area contributed by atoms with Crippen molar-refractivity contribution >= 4 is 17.7 Å². The summed E-state index contributed by atoms with van der Waals surface area (Å²) in [5, 5.41) is 8.03. The molecular formula is C12H21NO2S. The Morgan fingerprint density at radius 1 is 1.50 bits per heavy atom. The molecule has 0 unspecified atom stereocenters. The lowest BCUT2D eigenvalue weighted by atomic mass is 10.3. The van der Waals surface area contributed by atoms with Crippen LogP contribution in [-0.4, -0.2) is 41.1 Å². The van der Waals surface area contributed by atoms with E-state index < -0.39 is 5.97 Å². The molecule has 16 heavy (non-hydrogen) atoms. The van der Waals surface area contributed by atoms with Gasteiger partial charge in [0.2, 0.25) is 0 Å². The average Bonchev–Trinajstić information content (AvgIpc) is 2.29. The number of aliphatic carboxylic acids is 1. The first-order valence-electron chi connectivity index (χ1n) is 5.48.